The molecule has 2 aliphatic rings. The second-order valence-corrected chi connectivity index (χ2v) is 4.69. The first-order chi connectivity index (χ1) is 8.58. The molecule has 4 atom stereocenters. The first-order valence-electron chi connectivity index (χ1n) is 6.66. The minimum Gasteiger partial charge on any atom is -0.400 e. The van der Waals surface area contributed by atoms with Crippen LogP contribution in [0.3, 0.4) is 0 Å². The highest BCUT2D eigenvalue weighted by Crippen LogP contribution is 2.15. The highest BCUT2D eigenvalue weighted by atomic mass is 16.6. The summed E-state index contributed by atoms with van der Waals surface area (Å²) in [4.78, 5) is 0. The Hall–Kier alpha value is -0.200. The van der Waals surface area contributed by atoms with Gasteiger partial charge in [-0.2, -0.15) is 0 Å². The number of ether oxygens (including phenoxy) is 2. The number of hydrogen-bond acceptors (Lipinski definition) is 5. The molecule has 18 heavy (non-hydrogen) atoms. The van der Waals surface area contributed by atoms with E-state index in [0.29, 0.717) is 0 Å². The van der Waals surface area contributed by atoms with Crippen molar-refractivity contribution in [1.82, 2.24) is 0 Å². The van der Waals surface area contributed by atoms with Gasteiger partial charge in [-0.25, -0.2) is 0 Å². The van der Waals surface area contributed by atoms with Gasteiger partial charge in [0.15, 0.2) is 6.29 Å². The van der Waals surface area contributed by atoms with E-state index < -0.39 is 6.29 Å². The summed E-state index contributed by atoms with van der Waals surface area (Å²) in [5, 5.41) is 24.9. The van der Waals surface area contributed by atoms with Gasteiger partial charge in [-0.3, -0.25) is 0 Å². The molecule has 2 heterocycles. The third-order valence-corrected chi connectivity index (χ3v) is 2.91. The van der Waals surface area contributed by atoms with Gasteiger partial charge >= 0.3 is 0 Å². The van der Waals surface area contributed by atoms with E-state index in [9.17, 15) is 0 Å². The summed E-state index contributed by atoms with van der Waals surface area (Å²) >= 11 is 0. The minimum absolute atomic E-state index is 0.112. The van der Waals surface area contributed by atoms with Gasteiger partial charge in [0.25, 0.3) is 0 Å². The molecule has 2 fully saturated rings. The van der Waals surface area contributed by atoms with Crippen molar-refractivity contribution in [2.45, 2.75) is 70.6 Å². The molecule has 0 bridgehead atoms. The lowest BCUT2D eigenvalue weighted by Gasteiger charge is -2.23. The first-order valence-corrected chi connectivity index (χ1v) is 6.66. The predicted octanol–water partition coefficient (Wildman–Crippen LogP) is 1.05. The molecule has 0 saturated carbocycles. The van der Waals surface area contributed by atoms with Crippen LogP contribution in [0.5, 0.6) is 0 Å². The lowest BCUT2D eigenvalue weighted by atomic mass is 10.1. The van der Waals surface area contributed by atoms with Crippen LogP contribution in [0.4, 0.5) is 0 Å². The molecule has 2 saturated heterocycles. The van der Waals surface area contributed by atoms with Crippen molar-refractivity contribution in [3.8, 4) is 0 Å². The van der Waals surface area contributed by atoms with Crippen LogP contribution in [0.15, 0.2) is 0 Å². The first kappa shape index (κ1) is 17.8. The maximum Gasteiger partial charge on any atom is 0.154 e. The quantitative estimate of drug-likeness (QED) is 0.609. The van der Waals surface area contributed by atoms with Crippen LogP contribution < -0.4 is 0 Å². The fraction of sp³-hybridized carbons (Fsp3) is 1.00. The SMILES string of the molecule is CC1CC(O)CCO1.CC1CCCC(O)O1.CO. The summed E-state index contributed by atoms with van der Waals surface area (Å²) in [6.07, 6.45) is 4.55. The maximum atomic E-state index is 9.00. The monoisotopic (exact) mass is 264 g/mol. The van der Waals surface area contributed by atoms with Gasteiger partial charge < -0.3 is 24.8 Å². The third kappa shape index (κ3) is 8.83. The summed E-state index contributed by atoms with van der Waals surface area (Å²) in [5.41, 5.74) is 0. The highest BCUT2D eigenvalue weighted by Gasteiger charge is 2.16. The van der Waals surface area contributed by atoms with Gasteiger partial charge in [0.1, 0.15) is 0 Å². The molecule has 2 rings (SSSR count). The van der Waals surface area contributed by atoms with Crippen LogP contribution in [0.2, 0.25) is 0 Å². The zero-order valence-electron chi connectivity index (χ0n) is 11.7. The van der Waals surface area contributed by atoms with Crippen LogP contribution in [-0.4, -0.2) is 53.6 Å². The molecule has 5 heteroatoms. The largest absolute Gasteiger partial charge is 0.400 e. The van der Waals surface area contributed by atoms with E-state index in [-0.39, 0.29) is 18.3 Å². The van der Waals surface area contributed by atoms with Crippen LogP contribution >= 0.6 is 0 Å². The van der Waals surface area contributed by atoms with Crippen LogP contribution in [0.1, 0.15) is 46.0 Å². The van der Waals surface area contributed by atoms with Crippen molar-refractivity contribution >= 4 is 0 Å². The van der Waals surface area contributed by atoms with Gasteiger partial charge in [-0.05, 0) is 46.0 Å². The Morgan fingerprint density at radius 3 is 1.94 bits per heavy atom. The van der Waals surface area contributed by atoms with Crippen molar-refractivity contribution in [1.29, 1.82) is 0 Å². The fourth-order valence-corrected chi connectivity index (χ4v) is 1.96. The van der Waals surface area contributed by atoms with Gasteiger partial charge in [-0.1, -0.05) is 0 Å². The number of hydrogen-bond donors (Lipinski definition) is 3. The van der Waals surface area contributed by atoms with Crippen LogP contribution in [-0.2, 0) is 9.47 Å². The molecule has 0 amide bonds. The zero-order valence-corrected chi connectivity index (χ0v) is 11.7. The van der Waals surface area contributed by atoms with Gasteiger partial charge in [0, 0.05) is 13.7 Å². The Balaban J connectivity index is 0.000000283. The molecule has 0 aromatic carbocycles. The van der Waals surface area contributed by atoms with Gasteiger partial charge in [0.05, 0.1) is 18.3 Å². The average molecular weight is 264 g/mol. The zero-order chi connectivity index (χ0) is 14.0. The van der Waals surface area contributed by atoms with Crippen molar-refractivity contribution in [3.63, 3.8) is 0 Å². The molecule has 3 N–H and O–H groups in total. The van der Waals surface area contributed by atoms with E-state index in [0.717, 1.165) is 45.8 Å². The van der Waals surface area contributed by atoms with Crippen LogP contribution in [0, 0.1) is 0 Å². The summed E-state index contributed by atoms with van der Waals surface area (Å²) in [6.45, 7) is 4.70. The summed E-state index contributed by atoms with van der Waals surface area (Å²) in [6, 6.07) is 0. The minimum atomic E-state index is -0.487. The number of rotatable bonds is 0. The number of aliphatic hydroxyl groups is 3. The van der Waals surface area contributed by atoms with E-state index in [2.05, 4.69) is 0 Å². The topological polar surface area (TPSA) is 79.2 Å². The normalized spacial score (nSPS) is 35.7. The lowest BCUT2D eigenvalue weighted by molar-refractivity contribution is -0.156. The maximum absolute atomic E-state index is 9.00. The summed E-state index contributed by atoms with van der Waals surface area (Å²) in [5.74, 6) is 0. The van der Waals surface area contributed by atoms with Crippen LogP contribution in [0.25, 0.3) is 0 Å². The average Bonchev–Trinajstić information content (AvgIpc) is 2.31. The summed E-state index contributed by atoms with van der Waals surface area (Å²) in [7, 11) is 1.00. The highest BCUT2D eigenvalue weighted by molar-refractivity contribution is 4.65. The molecule has 0 radical (unpaired) electrons. The third-order valence-electron chi connectivity index (χ3n) is 2.91. The fourth-order valence-electron chi connectivity index (χ4n) is 1.96. The summed E-state index contributed by atoms with van der Waals surface area (Å²) < 4.78 is 10.2. The van der Waals surface area contributed by atoms with Gasteiger partial charge in [0.2, 0.25) is 0 Å². The predicted molar refractivity (Wildman–Crippen MR) is 69.2 cm³/mol. The Morgan fingerprint density at radius 2 is 1.61 bits per heavy atom. The van der Waals surface area contributed by atoms with E-state index in [4.69, 9.17) is 24.8 Å². The Labute approximate surface area is 110 Å². The van der Waals surface area contributed by atoms with Crippen molar-refractivity contribution in [2.24, 2.45) is 0 Å². The second-order valence-electron chi connectivity index (χ2n) is 4.69. The van der Waals surface area contributed by atoms with E-state index in [1.54, 1.807) is 0 Å². The molecular formula is C13H28O5. The Morgan fingerprint density at radius 1 is 0.944 bits per heavy atom. The molecule has 0 aromatic heterocycles. The molecule has 5 nitrogen and oxygen atoms in total. The molecule has 110 valence electrons. The van der Waals surface area contributed by atoms with Crippen molar-refractivity contribution in [2.75, 3.05) is 13.7 Å². The lowest BCUT2D eigenvalue weighted by Crippen LogP contribution is -2.26. The van der Waals surface area contributed by atoms with E-state index in [1.807, 2.05) is 13.8 Å². The van der Waals surface area contributed by atoms with Crippen molar-refractivity contribution < 1.29 is 24.8 Å². The molecule has 0 aliphatic carbocycles. The Bertz CT molecular complexity index is 152. The smallest absolute Gasteiger partial charge is 0.154 e. The van der Waals surface area contributed by atoms with E-state index in [1.165, 1.54) is 0 Å². The number of aliphatic hydroxyl groups excluding tert-OH is 3. The standard InChI is InChI=1S/2C6H12O2.CH4O/c1-5-4-6(7)2-3-8-5;1-5-3-2-4-6(7)8-5;1-2/h2*5-7H,2-4H2,1H3;2H,1H3. The van der Waals surface area contributed by atoms with E-state index >= 15 is 0 Å². The molecule has 4 unspecified atom stereocenters. The van der Waals surface area contributed by atoms with Gasteiger partial charge in [-0.15, -0.1) is 0 Å². The Kier molecular flexibility index (Phi) is 10.6. The second kappa shape index (κ2) is 10.7. The molecule has 0 aromatic rings. The molecular weight excluding hydrogens is 236 g/mol. The molecule has 2 aliphatic heterocycles. The molecule has 0 spiro atoms. The van der Waals surface area contributed by atoms with Crippen molar-refractivity contribution in [3.05, 3.63) is 0 Å².